The van der Waals surface area contributed by atoms with Gasteiger partial charge in [-0.05, 0) is 12.8 Å². The lowest BCUT2D eigenvalue weighted by atomic mass is 9.97. The standard InChI is InChI=1S/C57H111NO13/c1-3-5-7-9-11-13-15-17-19-20-21-22-23-24-25-26-27-28-30-32-34-36-38-40-46(61)45(58-49(62)41-39-37-35-33-31-29-18-16-14-12-10-8-6-4-2)44-68-56-54(67)52(65)55(48(43-60)70-56)71-57-53(66)51(64)50(63)47(42-59)69-57/h45-48,50-57,59-61,63-67H,3-44H2,1-2H3,(H,58,62). The summed E-state index contributed by atoms with van der Waals surface area (Å²) in [6.07, 6.45) is 31.0. The fourth-order valence-electron chi connectivity index (χ4n) is 10.2. The third-order valence-electron chi connectivity index (χ3n) is 15.1. The zero-order chi connectivity index (χ0) is 51.7. The van der Waals surface area contributed by atoms with Crippen molar-refractivity contribution >= 4 is 5.91 Å². The number of ether oxygens (including phenoxy) is 4. The molecule has 0 spiro atoms. The number of carbonyl (C=O) groups is 1. The molecule has 2 saturated heterocycles. The minimum absolute atomic E-state index is 0.202. The van der Waals surface area contributed by atoms with Gasteiger partial charge in [-0.3, -0.25) is 4.79 Å². The Hall–Kier alpha value is -1.01. The molecule has 0 radical (unpaired) electrons. The van der Waals surface area contributed by atoms with E-state index in [0.717, 1.165) is 51.4 Å². The van der Waals surface area contributed by atoms with E-state index in [2.05, 4.69) is 19.2 Å². The molecule has 2 fully saturated rings. The monoisotopic (exact) mass is 1020 g/mol. The highest BCUT2D eigenvalue weighted by Gasteiger charge is 2.51. The summed E-state index contributed by atoms with van der Waals surface area (Å²) in [5, 5.41) is 87.2. The van der Waals surface area contributed by atoms with Crippen LogP contribution in [0.2, 0.25) is 0 Å². The summed E-state index contributed by atoms with van der Waals surface area (Å²) in [6.45, 7) is 2.89. The lowest BCUT2D eigenvalue weighted by molar-refractivity contribution is -0.359. The first-order valence-electron chi connectivity index (χ1n) is 29.8. The second-order valence-electron chi connectivity index (χ2n) is 21.5. The topological polar surface area (TPSA) is 228 Å². The normalized spacial score (nSPS) is 25.7. The van der Waals surface area contributed by atoms with Gasteiger partial charge in [-0.2, -0.15) is 0 Å². The maximum atomic E-state index is 13.2. The SMILES string of the molecule is CCCCCCCCCCCCCCCCCCCCCCCCCC(O)C(COC1OC(CO)C(OC2OC(CO)C(O)C(O)C2O)C(O)C1O)NC(=O)CCCCCCCCCCCCCCCC. The van der Waals surface area contributed by atoms with Crippen LogP contribution in [0.3, 0.4) is 0 Å². The molecule has 9 N–H and O–H groups in total. The first-order chi connectivity index (χ1) is 34.6. The Morgan fingerprint density at radius 2 is 0.803 bits per heavy atom. The number of hydrogen-bond donors (Lipinski definition) is 9. The lowest BCUT2D eigenvalue weighted by Crippen LogP contribution is -2.65. The number of nitrogens with one attached hydrogen (secondary N) is 1. The van der Waals surface area contributed by atoms with Crippen LogP contribution < -0.4 is 5.32 Å². The summed E-state index contributed by atoms with van der Waals surface area (Å²) in [4.78, 5) is 13.2. The Labute approximate surface area is 432 Å². The maximum Gasteiger partial charge on any atom is 0.220 e. The number of aliphatic hydroxyl groups excluding tert-OH is 8. The summed E-state index contributed by atoms with van der Waals surface area (Å²) in [5.74, 6) is -0.202. The van der Waals surface area contributed by atoms with Crippen molar-refractivity contribution in [2.45, 2.75) is 338 Å². The highest BCUT2D eigenvalue weighted by atomic mass is 16.7. The van der Waals surface area contributed by atoms with Crippen LogP contribution in [0, 0.1) is 0 Å². The van der Waals surface area contributed by atoms with E-state index >= 15 is 0 Å². The molecule has 2 aliphatic heterocycles. The van der Waals surface area contributed by atoms with Crippen LogP contribution in [-0.4, -0.2) is 140 Å². The highest BCUT2D eigenvalue weighted by molar-refractivity contribution is 5.76. The molecule has 12 unspecified atom stereocenters. The zero-order valence-corrected chi connectivity index (χ0v) is 45.2. The maximum absolute atomic E-state index is 13.2. The molecule has 0 aromatic carbocycles. The Kier molecular flexibility index (Phi) is 41.1. The molecule has 2 aliphatic rings. The summed E-state index contributed by atoms with van der Waals surface area (Å²) in [5.41, 5.74) is 0. The molecular weight excluding hydrogens is 907 g/mol. The van der Waals surface area contributed by atoms with E-state index in [4.69, 9.17) is 18.9 Å². The van der Waals surface area contributed by atoms with Gasteiger partial charge in [0.15, 0.2) is 12.6 Å². The van der Waals surface area contributed by atoms with Gasteiger partial charge in [-0.1, -0.05) is 245 Å². The predicted molar refractivity (Wildman–Crippen MR) is 282 cm³/mol. The molecule has 0 aromatic heterocycles. The summed E-state index contributed by atoms with van der Waals surface area (Å²) in [7, 11) is 0. The number of unbranched alkanes of at least 4 members (excludes halogenated alkanes) is 35. The smallest absolute Gasteiger partial charge is 0.220 e. The molecule has 2 heterocycles. The average Bonchev–Trinajstić information content (AvgIpc) is 3.37. The van der Waals surface area contributed by atoms with Crippen LogP contribution in [0.5, 0.6) is 0 Å². The van der Waals surface area contributed by atoms with E-state index in [1.165, 1.54) is 186 Å². The largest absolute Gasteiger partial charge is 0.394 e. The molecule has 0 bridgehead atoms. The van der Waals surface area contributed by atoms with Crippen molar-refractivity contribution in [2.24, 2.45) is 0 Å². The predicted octanol–water partition coefficient (Wildman–Crippen LogP) is 9.73. The van der Waals surface area contributed by atoms with Gasteiger partial charge in [0.25, 0.3) is 0 Å². The minimum Gasteiger partial charge on any atom is -0.394 e. The molecule has 1 amide bonds. The van der Waals surface area contributed by atoms with Crippen LogP contribution >= 0.6 is 0 Å². The van der Waals surface area contributed by atoms with Crippen molar-refractivity contribution in [2.75, 3.05) is 19.8 Å². The Morgan fingerprint density at radius 1 is 0.451 bits per heavy atom. The molecule has 12 atom stereocenters. The third-order valence-corrected chi connectivity index (χ3v) is 15.1. The number of rotatable bonds is 48. The number of aliphatic hydroxyl groups is 8. The Morgan fingerprint density at radius 3 is 1.20 bits per heavy atom. The van der Waals surface area contributed by atoms with Gasteiger partial charge in [0, 0.05) is 6.42 Å². The first kappa shape index (κ1) is 66.1. The fraction of sp³-hybridized carbons (Fsp3) is 0.982. The van der Waals surface area contributed by atoms with Crippen LogP contribution in [0.1, 0.15) is 264 Å². The first-order valence-corrected chi connectivity index (χ1v) is 29.8. The number of hydrogen-bond acceptors (Lipinski definition) is 13. The number of carbonyl (C=O) groups excluding carboxylic acids is 1. The van der Waals surface area contributed by atoms with E-state index in [0.29, 0.717) is 12.8 Å². The second kappa shape index (κ2) is 44.2. The van der Waals surface area contributed by atoms with E-state index in [-0.39, 0.29) is 12.5 Å². The van der Waals surface area contributed by atoms with Gasteiger partial charge in [0.1, 0.15) is 48.8 Å². The minimum atomic E-state index is -1.78. The third kappa shape index (κ3) is 30.4. The van der Waals surface area contributed by atoms with E-state index in [9.17, 15) is 45.6 Å². The van der Waals surface area contributed by atoms with Crippen molar-refractivity contribution in [1.29, 1.82) is 0 Å². The van der Waals surface area contributed by atoms with Crippen LogP contribution in [0.25, 0.3) is 0 Å². The van der Waals surface area contributed by atoms with Crippen molar-refractivity contribution in [3.63, 3.8) is 0 Å². The second-order valence-corrected chi connectivity index (χ2v) is 21.5. The van der Waals surface area contributed by atoms with Gasteiger partial charge in [0.05, 0.1) is 32.0 Å². The van der Waals surface area contributed by atoms with E-state index < -0.39 is 86.8 Å². The van der Waals surface area contributed by atoms with E-state index in [1.807, 2.05) is 0 Å². The molecule has 0 saturated carbocycles. The van der Waals surface area contributed by atoms with Gasteiger partial charge in [-0.25, -0.2) is 0 Å². The molecule has 422 valence electrons. The molecule has 0 aromatic rings. The Balaban J connectivity index is 1.73. The van der Waals surface area contributed by atoms with Gasteiger partial charge in [-0.15, -0.1) is 0 Å². The molecule has 71 heavy (non-hydrogen) atoms. The average molecular weight is 1020 g/mol. The fourth-order valence-corrected chi connectivity index (χ4v) is 10.2. The summed E-state index contributed by atoms with van der Waals surface area (Å²) < 4.78 is 22.8. The zero-order valence-electron chi connectivity index (χ0n) is 45.2. The van der Waals surface area contributed by atoms with Crippen molar-refractivity contribution < 1.29 is 64.6 Å². The summed E-state index contributed by atoms with van der Waals surface area (Å²) in [6, 6.07) is -0.822. The van der Waals surface area contributed by atoms with Crippen molar-refractivity contribution in [1.82, 2.24) is 5.32 Å². The highest BCUT2D eigenvalue weighted by Crippen LogP contribution is 2.30. The van der Waals surface area contributed by atoms with Crippen LogP contribution in [0.15, 0.2) is 0 Å². The van der Waals surface area contributed by atoms with E-state index in [1.54, 1.807) is 0 Å². The molecular formula is C57H111NO13. The molecule has 0 aliphatic carbocycles. The van der Waals surface area contributed by atoms with Crippen LogP contribution in [-0.2, 0) is 23.7 Å². The van der Waals surface area contributed by atoms with Crippen LogP contribution in [0.4, 0.5) is 0 Å². The Bertz CT molecular complexity index is 1200. The van der Waals surface area contributed by atoms with Crippen molar-refractivity contribution in [3.05, 3.63) is 0 Å². The number of amides is 1. The lowest BCUT2D eigenvalue weighted by Gasteiger charge is -2.46. The van der Waals surface area contributed by atoms with Crippen molar-refractivity contribution in [3.8, 4) is 0 Å². The summed E-state index contributed by atoms with van der Waals surface area (Å²) >= 11 is 0. The van der Waals surface area contributed by atoms with Gasteiger partial charge >= 0.3 is 0 Å². The molecule has 2 rings (SSSR count). The molecule has 14 nitrogen and oxygen atoms in total. The van der Waals surface area contributed by atoms with Gasteiger partial charge in [0.2, 0.25) is 5.91 Å². The van der Waals surface area contributed by atoms with Gasteiger partial charge < -0.3 is 65.1 Å². The molecule has 14 heteroatoms. The quantitative estimate of drug-likeness (QED) is 0.0259.